The van der Waals surface area contributed by atoms with Gasteiger partial charge >= 0.3 is 0 Å². The molecule has 4 aromatic rings. The van der Waals surface area contributed by atoms with E-state index in [9.17, 15) is 4.79 Å². The summed E-state index contributed by atoms with van der Waals surface area (Å²) in [5.74, 6) is 0. The fourth-order valence-electron chi connectivity index (χ4n) is 3.31. The van der Waals surface area contributed by atoms with Crippen LogP contribution in [0.15, 0.2) is 65.8 Å². The smallest absolute Gasteiger partial charge is 0.265 e. The summed E-state index contributed by atoms with van der Waals surface area (Å²) in [7, 11) is 0. The maximum Gasteiger partial charge on any atom is 0.265 e. The second-order valence-corrected chi connectivity index (χ2v) is 6.63. The Morgan fingerprint density at radius 1 is 1.04 bits per heavy atom. The van der Waals surface area contributed by atoms with Crippen molar-refractivity contribution < 1.29 is 0 Å². The standard InChI is InChI=1S/C21H20N4O/c1-14-9-10-19(15(2)11-14)25-20-18(12-23-25)21(26)24(13-22-20)16(3)17-7-5-4-6-8-17/h4-13,16H,1-3H3/t16-/m1/s1. The van der Waals surface area contributed by atoms with Crippen LogP contribution in [0.1, 0.15) is 29.7 Å². The van der Waals surface area contributed by atoms with E-state index in [4.69, 9.17) is 0 Å². The third-order valence-corrected chi connectivity index (χ3v) is 4.79. The maximum absolute atomic E-state index is 13.0. The van der Waals surface area contributed by atoms with Gasteiger partial charge in [0, 0.05) is 0 Å². The molecule has 0 saturated carbocycles. The molecule has 130 valence electrons. The lowest BCUT2D eigenvalue weighted by Gasteiger charge is -2.15. The molecule has 0 fully saturated rings. The molecule has 2 heterocycles. The molecule has 26 heavy (non-hydrogen) atoms. The van der Waals surface area contributed by atoms with E-state index >= 15 is 0 Å². The molecule has 2 aromatic heterocycles. The summed E-state index contributed by atoms with van der Waals surface area (Å²) in [6.07, 6.45) is 3.22. The lowest BCUT2D eigenvalue weighted by molar-refractivity contribution is 0.608. The van der Waals surface area contributed by atoms with Gasteiger partial charge in [-0.2, -0.15) is 5.10 Å². The highest BCUT2D eigenvalue weighted by molar-refractivity contribution is 5.75. The van der Waals surface area contributed by atoms with E-state index in [2.05, 4.69) is 23.1 Å². The zero-order chi connectivity index (χ0) is 18.3. The Morgan fingerprint density at radius 2 is 1.81 bits per heavy atom. The number of nitrogens with zero attached hydrogens (tertiary/aromatic N) is 4. The zero-order valence-corrected chi connectivity index (χ0v) is 15.0. The van der Waals surface area contributed by atoms with Crippen LogP contribution in [0.3, 0.4) is 0 Å². The van der Waals surface area contributed by atoms with Crippen LogP contribution in [0, 0.1) is 13.8 Å². The van der Waals surface area contributed by atoms with Gasteiger partial charge in [0.25, 0.3) is 5.56 Å². The minimum Gasteiger partial charge on any atom is -0.291 e. The number of benzene rings is 2. The van der Waals surface area contributed by atoms with Gasteiger partial charge < -0.3 is 0 Å². The third-order valence-electron chi connectivity index (χ3n) is 4.79. The highest BCUT2D eigenvalue weighted by Crippen LogP contribution is 2.20. The summed E-state index contributed by atoms with van der Waals surface area (Å²) in [4.78, 5) is 17.5. The number of fused-ring (bicyclic) bond motifs is 1. The molecule has 5 heteroatoms. The molecule has 5 nitrogen and oxygen atoms in total. The van der Waals surface area contributed by atoms with Crippen LogP contribution < -0.4 is 5.56 Å². The number of aromatic nitrogens is 4. The van der Waals surface area contributed by atoms with Gasteiger partial charge in [-0.25, -0.2) is 9.67 Å². The Bertz CT molecular complexity index is 1140. The van der Waals surface area contributed by atoms with E-state index in [-0.39, 0.29) is 11.6 Å². The van der Waals surface area contributed by atoms with E-state index < -0.39 is 0 Å². The molecule has 0 aliphatic carbocycles. The van der Waals surface area contributed by atoms with Gasteiger partial charge in [0.1, 0.15) is 11.7 Å². The molecular weight excluding hydrogens is 324 g/mol. The highest BCUT2D eigenvalue weighted by atomic mass is 16.1. The molecular formula is C21H20N4O. The highest BCUT2D eigenvalue weighted by Gasteiger charge is 2.16. The first-order valence-electron chi connectivity index (χ1n) is 8.63. The molecule has 1 atom stereocenters. The SMILES string of the molecule is Cc1ccc(-n2ncc3c(=O)n([C@H](C)c4ccccc4)cnc32)c(C)c1. The second kappa shape index (κ2) is 6.26. The molecule has 0 N–H and O–H groups in total. The van der Waals surface area contributed by atoms with E-state index in [0.29, 0.717) is 11.0 Å². The summed E-state index contributed by atoms with van der Waals surface area (Å²) < 4.78 is 3.40. The largest absolute Gasteiger partial charge is 0.291 e. The summed E-state index contributed by atoms with van der Waals surface area (Å²) in [5, 5.41) is 4.95. The van der Waals surface area contributed by atoms with Gasteiger partial charge in [0.05, 0.1) is 17.9 Å². The van der Waals surface area contributed by atoms with Crippen LogP contribution in [-0.2, 0) is 0 Å². The molecule has 0 amide bonds. The Morgan fingerprint density at radius 3 is 2.54 bits per heavy atom. The predicted octanol–water partition coefficient (Wildman–Crippen LogP) is 3.81. The molecule has 0 saturated heterocycles. The molecule has 0 spiro atoms. The minimum absolute atomic E-state index is 0.0811. The van der Waals surface area contributed by atoms with E-state index in [1.807, 2.05) is 56.3 Å². The monoisotopic (exact) mass is 344 g/mol. The molecule has 2 aromatic carbocycles. The average molecular weight is 344 g/mol. The van der Waals surface area contributed by atoms with Crippen LogP contribution in [0.25, 0.3) is 16.7 Å². The van der Waals surface area contributed by atoms with E-state index in [0.717, 1.165) is 16.8 Å². The van der Waals surface area contributed by atoms with Crippen LogP contribution in [0.2, 0.25) is 0 Å². The molecule has 0 bridgehead atoms. The van der Waals surface area contributed by atoms with Crippen molar-refractivity contribution in [1.82, 2.24) is 19.3 Å². The Kier molecular flexibility index (Phi) is 3.92. The quantitative estimate of drug-likeness (QED) is 0.568. The first-order valence-corrected chi connectivity index (χ1v) is 8.63. The lowest BCUT2D eigenvalue weighted by Crippen LogP contribution is -2.24. The van der Waals surface area contributed by atoms with Crippen LogP contribution in [0.5, 0.6) is 0 Å². The summed E-state index contributed by atoms with van der Waals surface area (Å²) >= 11 is 0. The van der Waals surface area contributed by atoms with Crippen LogP contribution in [0.4, 0.5) is 0 Å². The average Bonchev–Trinajstić information content (AvgIpc) is 3.07. The van der Waals surface area contributed by atoms with Gasteiger partial charge in [0.15, 0.2) is 5.65 Å². The first kappa shape index (κ1) is 16.3. The molecule has 0 aliphatic rings. The molecule has 0 aliphatic heterocycles. The molecule has 4 rings (SSSR count). The fourth-order valence-corrected chi connectivity index (χ4v) is 3.31. The normalized spacial score (nSPS) is 12.4. The van der Waals surface area contributed by atoms with Crippen molar-refractivity contribution in [3.05, 3.63) is 88.1 Å². The van der Waals surface area contributed by atoms with Gasteiger partial charge in [0.2, 0.25) is 0 Å². The zero-order valence-electron chi connectivity index (χ0n) is 15.0. The summed E-state index contributed by atoms with van der Waals surface area (Å²) in [5.41, 5.74) is 4.79. The number of aryl methyl sites for hydroxylation is 2. The molecule has 0 unspecified atom stereocenters. The Labute approximate surface area is 151 Å². The summed E-state index contributed by atoms with van der Waals surface area (Å²) in [6.45, 7) is 6.09. The number of hydrogen-bond donors (Lipinski definition) is 0. The van der Waals surface area contributed by atoms with Crippen molar-refractivity contribution in [2.75, 3.05) is 0 Å². The van der Waals surface area contributed by atoms with Crippen molar-refractivity contribution in [3.63, 3.8) is 0 Å². The number of hydrogen-bond acceptors (Lipinski definition) is 3. The van der Waals surface area contributed by atoms with Crippen molar-refractivity contribution >= 4 is 11.0 Å². The first-order chi connectivity index (χ1) is 12.6. The van der Waals surface area contributed by atoms with Gasteiger partial charge in [-0.3, -0.25) is 9.36 Å². The van der Waals surface area contributed by atoms with E-state index in [1.54, 1.807) is 21.8 Å². The maximum atomic E-state index is 13.0. The van der Waals surface area contributed by atoms with Gasteiger partial charge in [-0.15, -0.1) is 0 Å². The van der Waals surface area contributed by atoms with Gasteiger partial charge in [-0.1, -0.05) is 48.0 Å². The predicted molar refractivity (Wildman–Crippen MR) is 103 cm³/mol. The fraction of sp³-hybridized carbons (Fsp3) is 0.190. The van der Waals surface area contributed by atoms with Gasteiger partial charge in [-0.05, 0) is 38.0 Å². The van der Waals surface area contributed by atoms with E-state index in [1.165, 1.54) is 5.56 Å². The van der Waals surface area contributed by atoms with Crippen molar-refractivity contribution in [3.8, 4) is 5.69 Å². The van der Waals surface area contributed by atoms with Crippen molar-refractivity contribution in [2.24, 2.45) is 0 Å². The van der Waals surface area contributed by atoms with Crippen LogP contribution >= 0.6 is 0 Å². The molecule has 0 radical (unpaired) electrons. The Hall–Kier alpha value is -3.21. The van der Waals surface area contributed by atoms with Crippen molar-refractivity contribution in [2.45, 2.75) is 26.8 Å². The van der Waals surface area contributed by atoms with Crippen LogP contribution in [-0.4, -0.2) is 19.3 Å². The topological polar surface area (TPSA) is 52.7 Å². The number of rotatable bonds is 3. The minimum atomic E-state index is -0.0925. The summed E-state index contributed by atoms with van der Waals surface area (Å²) in [6, 6.07) is 16.0. The third kappa shape index (κ3) is 2.62. The lowest BCUT2D eigenvalue weighted by atomic mass is 10.1. The van der Waals surface area contributed by atoms with Crippen molar-refractivity contribution in [1.29, 1.82) is 0 Å². The second-order valence-electron chi connectivity index (χ2n) is 6.63. The Balaban J connectivity index is 1.85.